The lowest BCUT2D eigenvalue weighted by Crippen LogP contribution is -2.35. The Kier molecular flexibility index (Phi) is 2.73. The number of aromatic nitrogens is 1. The number of rotatable bonds is 3. The van der Waals surface area contributed by atoms with Gasteiger partial charge in [-0.2, -0.15) is 0 Å². The zero-order valence-corrected chi connectivity index (χ0v) is 10.7. The van der Waals surface area contributed by atoms with E-state index in [1.165, 1.54) is 12.0 Å². The summed E-state index contributed by atoms with van der Waals surface area (Å²) in [5, 5.41) is 3.26. The number of ether oxygens (including phenoxy) is 1. The van der Waals surface area contributed by atoms with E-state index in [-0.39, 0.29) is 5.60 Å². The van der Waals surface area contributed by atoms with Crippen molar-refractivity contribution in [3.8, 4) is 11.3 Å². The third-order valence-corrected chi connectivity index (χ3v) is 4.54. The minimum absolute atomic E-state index is 0.0856. The van der Waals surface area contributed by atoms with Crippen LogP contribution in [0, 0.1) is 0 Å². The van der Waals surface area contributed by atoms with Gasteiger partial charge in [-0.25, -0.2) is 4.98 Å². The molecule has 17 heavy (non-hydrogen) atoms. The summed E-state index contributed by atoms with van der Waals surface area (Å²) in [5.41, 5.74) is 2.16. The molecule has 0 amide bonds. The number of thiazole rings is 1. The summed E-state index contributed by atoms with van der Waals surface area (Å²) < 4.78 is 5.66. The number of hydrogen-bond acceptors (Lipinski definition) is 3. The van der Waals surface area contributed by atoms with Gasteiger partial charge in [0, 0.05) is 18.1 Å². The van der Waals surface area contributed by atoms with Crippen LogP contribution < -0.4 is 0 Å². The molecule has 88 valence electrons. The molecule has 0 N–H and O–H groups in total. The summed E-state index contributed by atoms with van der Waals surface area (Å²) in [6.07, 6.45) is 3.45. The first-order valence-electron chi connectivity index (χ1n) is 5.91. The second-order valence-electron chi connectivity index (χ2n) is 4.46. The lowest BCUT2D eigenvalue weighted by Gasteiger charge is -2.38. The quantitative estimate of drug-likeness (QED) is 0.819. The van der Waals surface area contributed by atoms with Crippen molar-refractivity contribution in [2.75, 3.05) is 7.11 Å². The third kappa shape index (κ3) is 1.79. The molecular weight excluding hydrogens is 230 g/mol. The first kappa shape index (κ1) is 10.9. The van der Waals surface area contributed by atoms with Crippen LogP contribution >= 0.6 is 11.3 Å². The molecule has 1 aliphatic rings. The molecule has 1 heterocycles. The third-order valence-electron chi connectivity index (χ3n) is 3.52. The largest absolute Gasteiger partial charge is 0.371 e. The Bertz CT molecular complexity index is 496. The van der Waals surface area contributed by atoms with E-state index in [1.807, 2.05) is 18.2 Å². The Morgan fingerprint density at radius 3 is 2.59 bits per heavy atom. The van der Waals surface area contributed by atoms with Crippen LogP contribution in [-0.2, 0) is 10.3 Å². The predicted molar refractivity (Wildman–Crippen MR) is 70.1 cm³/mol. The summed E-state index contributed by atoms with van der Waals surface area (Å²) in [4.78, 5) is 4.74. The van der Waals surface area contributed by atoms with E-state index in [9.17, 15) is 0 Å². The fourth-order valence-electron chi connectivity index (χ4n) is 2.23. The Morgan fingerprint density at radius 2 is 2.00 bits per heavy atom. The molecule has 1 aliphatic carbocycles. The van der Waals surface area contributed by atoms with E-state index >= 15 is 0 Å². The van der Waals surface area contributed by atoms with Gasteiger partial charge < -0.3 is 4.74 Å². The maximum Gasteiger partial charge on any atom is 0.125 e. The summed E-state index contributed by atoms with van der Waals surface area (Å²) in [6, 6.07) is 10.3. The van der Waals surface area contributed by atoms with Crippen molar-refractivity contribution in [1.29, 1.82) is 0 Å². The zero-order chi connectivity index (χ0) is 11.7. The summed E-state index contributed by atoms with van der Waals surface area (Å²) in [5.74, 6) is 0. The highest BCUT2D eigenvalue weighted by Gasteiger charge is 2.41. The molecule has 1 aromatic carbocycles. The average molecular weight is 245 g/mol. The highest BCUT2D eigenvalue weighted by molar-refractivity contribution is 7.10. The highest BCUT2D eigenvalue weighted by Crippen LogP contribution is 2.45. The SMILES string of the molecule is COC1(c2nc(-c3ccccc3)cs2)CCC1. The smallest absolute Gasteiger partial charge is 0.125 e. The normalized spacial score (nSPS) is 17.7. The van der Waals surface area contributed by atoms with Crippen LogP contribution in [0.1, 0.15) is 24.3 Å². The number of methoxy groups -OCH3 is 1. The van der Waals surface area contributed by atoms with Crippen LogP contribution in [0.3, 0.4) is 0 Å². The van der Waals surface area contributed by atoms with Crippen molar-refractivity contribution < 1.29 is 4.74 Å². The van der Waals surface area contributed by atoms with Crippen molar-refractivity contribution in [2.45, 2.75) is 24.9 Å². The molecule has 0 bridgehead atoms. The van der Waals surface area contributed by atoms with Gasteiger partial charge in [0.25, 0.3) is 0 Å². The van der Waals surface area contributed by atoms with Crippen LogP contribution in [0.2, 0.25) is 0 Å². The van der Waals surface area contributed by atoms with Crippen molar-refractivity contribution in [2.24, 2.45) is 0 Å². The van der Waals surface area contributed by atoms with Crippen molar-refractivity contribution in [3.63, 3.8) is 0 Å². The zero-order valence-electron chi connectivity index (χ0n) is 9.85. The van der Waals surface area contributed by atoms with Gasteiger partial charge in [-0.3, -0.25) is 0 Å². The molecule has 3 heteroatoms. The molecule has 0 saturated heterocycles. The van der Waals surface area contributed by atoms with Crippen molar-refractivity contribution in [1.82, 2.24) is 4.98 Å². The average Bonchev–Trinajstić information content (AvgIpc) is 2.80. The fourth-order valence-corrected chi connectivity index (χ4v) is 3.29. The molecule has 0 aliphatic heterocycles. The van der Waals surface area contributed by atoms with E-state index in [0.29, 0.717) is 0 Å². The standard InChI is InChI=1S/C14H15NOS/c1-16-14(8-5-9-14)13-15-12(10-17-13)11-6-3-2-4-7-11/h2-4,6-7,10H,5,8-9H2,1H3. The second-order valence-corrected chi connectivity index (χ2v) is 5.31. The summed E-state index contributed by atoms with van der Waals surface area (Å²) >= 11 is 1.72. The van der Waals surface area contributed by atoms with Crippen LogP contribution in [0.4, 0.5) is 0 Å². The van der Waals surface area contributed by atoms with Crippen LogP contribution in [0.25, 0.3) is 11.3 Å². The summed E-state index contributed by atoms with van der Waals surface area (Å²) in [6.45, 7) is 0. The van der Waals surface area contributed by atoms with Gasteiger partial charge in [0.05, 0.1) is 5.69 Å². The van der Waals surface area contributed by atoms with Gasteiger partial charge in [-0.05, 0) is 19.3 Å². The van der Waals surface area contributed by atoms with E-state index in [1.54, 1.807) is 18.4 Å². The number of nitrogens with zero attached hydrogens (tertiary/aromatic N) is 1. The van der Waals surface area contributed by atoms with E-state index in [0.717, 1.165) is 23.5 Å². The highest BCUT2D eigenvalue weighted by atomic mass is 32.1. The lowest BCUT2D eigenvalue weighted by molar-refractivity contribution is -0.0778. The lowest BCUT2D eigenvalue weighted by atomic mass is 9.80. The van der Waals surface area contributed by atoms with Gasteiger partial charge in [0.15, 0.2) is 0 Å². The molecular formula is C14H15NOS. The topological polar surface area (TPSA) is 22.1 Å². The minimum atomic E-state index is -0.0856. The van der Waals surface area contributed by atoms with Gasteiger partial charge >= 0.3 is 0 Å². The molecule has 0 atom stereocenters. The molecule has 0 radical (unpaired) electrons. The van der Waals surface area contributed by atoms with Gasteiger partial charge in [0.1, 0.15) is 10.6 Å². The van der Waals surface area contributed by atoms with Crippen LogP contribution in [0.15, 0.2) is 35.7 Å². The van der Waals surface area contributed by atoms with Crippen molar-refractivity contribution in [3.05, 3.63) is 40.7 Å². The molecule has 1 saturated carbocycles. The molecule has 0 spiro atoms. The maximum absolute atomic E-state index is 5.66. The van der Waals surface area contributed by atoms with Crippen LogP contribution in [0.5, 0.6) is 0 Å². The van der Waals surface area contributed by atoms with E-state index < -0.39 is 0 Å². The van der Waals surface area contributed by atoms with E-state index in [4.69, 9.17) is 9.72 Å². The first-order valence-corrected chi connectivity index (χ1v) is 6.79. The fraction of sp³-hybridized carbons (Fsp3) is 0.357. The summed E-state index contributed by atoms with van der Waals surface area (Å²) in [7, 11) is 1.79. The van der Waals surface area contributed by atoms with Crippen LogP contribution in [-0.4, -0.2) is 12.1 Å². The van der Waals surface area contributed by atoms with Gasteiger partial charge in [-0.15, -0.1) is 11.3 Å². The first-order chi connectivity index (χ1) is 8.34. The Labute approximate surface area is 105 Å². The van der Waals surface area contributed by atoms with Crippen molar-refractivity contribution >= 4 is 11.3 Å². The van der Waals surface area contributed by atoms with Gasteiger partial charge in [0.2, 0.25) is 0 Å². The minimum Gasteiger partial charge on any atom is -0.371 e. The number of benzene rings is 1. The molecule has 3 rings (SSSR count). The molecule has 2 aromatic rings. The monoisotopic (exact) mass is 245 g/mol. The van der Waals surface area contributed by atoms with Gasteiger partial charge in [-0.1, -0.05) is 30.3 Å². The van der Waals surface area contributed by atoms with E-state index in [2.05, 4.69) is 17.5 Å². The molecule has 2 nitrogen and oxygen atoms in total. The molecule has 0 unspecified atom stereocenters. The predicted octanol–water partition coefficient (Wildman–Crippen LogP) is 3.84. The number of hydrogen-bond donors (Lipinski definition) is 0. The maximum atomic E-state index is 5.66. The second kappa shape index (κ2) is 4.24. The molecule has 1 aromatic heterocycles. The Morgan fingerprint density at radius 1 is 1.24 bits per heavy atom. The Balaban J connectivity index is 1.93. The molecule has 1 fully saturated rings. The Hall–Kier alpha value is -1.19.